The lowest BCUT2D eigenvalue weighted by atomic mass is 10.0. The van der Waals surface area contributed by atoms with Crippen molar-refractivity contribution in [2.75, 3.05) is 7.05 Å². The van der Waals surface area contributed by atoms with Gasteiger partial charge in [-0.15, -0.1) is 0 Å². The third-order valence-electron chi connectivity index (χ3n) is 5.70. The van der Waals surface area contributed by atoms with Crippen molar-refractivity contribution in [2.24, 2.45) is 0 Å². The number of amides is 2. The number of rotatable bonds is 8. The molecular formula is C27H25F2N3O3. The number of H-pyrrole nitrogens is 1. The van der Waals surface area contributed by atoms with Crippen molar-refractivity contribution in [3.63, 3.8) is 0 Å². The van der Waals surface area contributed by atoms with E-state index in [1.165, 1.54) is 18.0 Å². The standard InChI is InChI=1S/C27H25F2N3O3/c1-32(16-19-11-12-21(28)14-23(19)29)26(33)25(13-20-15-30-24-10-6-5-9-22(20)24)31-27(34)35-17-18-7-3-2-4-8-18/h2-12,14-15,25,30H,13,16-17H2,1H3,(H,31,34)/t25-/m0/s1. The molecule has 0 aliphatic rings. The molecule has 0 saturated heterocycles. The molecule has 35 heavy (non-hydrogen) atoms. The minimum atomic E-state index is -0.967. The summed E-state index contributed by atoms with van der Waals surface area (Å²) in [5.74, 6) is -1.87. The smallest absolute Gasteiger partial charge is 0.408 e. The number of para-hydroxylation sites is 1. The van der Waals surface area contributed by atoms with Gasteiger partial charge in [-0.2, -0.15) is 0 Å². The van der Waals surface area contributed by atoms with Gasteiger partial charge in [0.2, 0.25) is 5.91 Å². The average Bonchev–Trinajstić information content (AvgIpc) is 3.27. The molecule has 1 atom stereocenters. The Kier molecular flexibility index (Phi) is 7.40. The number of aromatic amines is 1. The minimum Gasteiger partial charge on any atom is -0.445 e. The lowest BCUT2D eigenvalue weighted by Crippen LogP contribution is -2.48. The Labute approximate surface area is 201 Å². The summed E-state index contributed by atoms with van der Waals surface area (Å²) < 4.78 is 32.7. The molecule has 0 aliphatic heterocycles. The van der Waals surface area contributed by atoms with Crippen molar-refractivity contribution < 1.29 is 23.1 Å². The van der Waals surface area contributed by atoms with Gasteiger partial charge in [0.15, 0.2) is 0 Å². The molecule has 4 aromatic rings. The van der Waals surface area contributed by atoms with Crippen molar-refractivity contribution in [2.45, 2.75) is 25.6 Å². The highest BCUT2D eigenvalue weighted by Gasteiger charge is 2.26. The monoisotopic (exact) mass is 477 g/mol. The number of alkyl carbamates (subject to hydrolysis) is 1. The maximum Gasteiger partial charge on any atom is 0.408 e. The number of nitrogens with one attached hydrogen (secondary N) is 2. The second kappa shape index (κ2) is 10.8. The third-order valence-corrected chi connectivity index (χ3v) is 5.70. The lowest BCUT2D eigenvalue weighted by molar-refractivity contribution is -0.132. The number of nitrogens with zero attached hydrogens (tertiary/aromatic N) is 1. The molecule has 6 nitrogen and oxygen atoms in total. The largest absolute Gasteiger partial charge is 0.445 e. The summed E-state index contributed by atoms with van der Waals surface area (Å²) in [6.07, 6.45) is 1.24. The second-order valence-electron chi connectivity index (χ2n) is 8.25. The maximum absolute atomic E-state index is 14.2. The van der Waals surface area contributed by atoms with Crippen LogP contribution in [-0.4, -0.2) is 35.0 Å². The average molecular weight is 478 g/mol. The number of likely N-dealkylation sites (N-methyl/N-ethyl adjacent to an activating group) is 1. The fourth-order valence-corrected chi connectivity index (χ4v) is 3.88. The molecule has 0 radical (unpaired) electrons. The molecular weight excluding hydrogens is 452 g/mol. The van der Waals surface area contributed by atoms with Crippen LogP contribution >= 0.6 is 0 Å². The van der Waals surface area contributed by atoms with Crippen LogP contribution in [0.5, 0.6) is 0 Å². The number of aromatic nitrogens is 1. The molecule has 0 bridgehead atoms. The van der Waals surface area contributed by atoms with E-state index >= 15 is 0 Å². The molecule has 0 saturated carbocycles. The van der Waals surface area contributed by atoms with E-state index in [1.54, 1.807) is 6.20 Å². The van der Waals surface area contributed by atoms with Gasteiger partial charge in [-0.25, -0.2) is 13.6 Å². The van der Waals surface area contributed by atoms with Gasteiger partial charge in [-0.3, -0.25) is 4.79 Å². The van der Waals surface area contributed by atoms with Crippen LogP contribution in [0, 0.1) is 11.6 Å². The van der Waals surface area contributed by atoms with Gasteiger partial charge >= 0.3 is 6.09 Å². The predicted molar refractivity (Wildman–Crippen MR) is 128 cm³/mol. The molecule has 0 fully saturated rings. The van der Waals surface area contributed by atoms with E-state index in [1.807, 2.05) is 54.6 Å². The Morgan fingerprint density at radius 1 is 1.00 bits per heavy atom. The van der Waals surface area contributed by atoms with E-state index in [9.17, 15) is 18.4 Å². The Bertz CT molecular complexity index is 1320. The fourth-order valence-electron chi connectivity index (χ4n) is 3.88. The van der Waals surface area contributed by atoms with Crippen molar-refractivity contribution in [3.05, 3.63) is 107 Å². The first-order chi connectivity index (χ1) is 16.9. The summed E-state index contributed by atoms with van der Waals surface area (Å²) in [6.45, 7) is -0.0344. The maximum atomic E-state index is 14.2. The number of benzene rings is 3. The Balaban J connectivity index is 1.51. The van der Waals surface area contributed by atoms with Crippen molar-refractivity contribution in [3.8, 4) is 0 Å². The van der Waals surface area contributed by atoms with Gasteiger partial charge in [0.1, 0.15) is 24.3 Å². The number of carbonyl (C=O) groups is 2. The van der Waals surface area contributed by atoms with E-state index in [2.05, 4.69) is 10.3 Å². The zero-order valence-electron chi connectivity index (χ0n) is 19.1. The first-order valence-corrected chi connectivity index (χ1v) is 11.1. The van der Waals surface area contributed by atoms with Crippen molar-refractivity contribution in [1.29, 1.82) is 0 Å². The quantitative estimate of drug-likeness (QED) is 0.377. The van der Waals surface area contributed by atoms with E-state index in [0.717, 1.165) is 34.2 Å². The van der Waals surface area contributed by atoms with Gasteiger partial charge in [-0.05, 0) is 23.3 Å². The van der Waals surface area contributed by atoms with Gasteiger partial charge in [0.25, 0.3) is 0 Å². The Morgan fingerprint density at radius 3 is 2.51 bits per heavy atom. The molecule has 0 unspecified atom stereocenters. The van der Waals surface area contributed by atoms with Gasteiger partial charge in [-0.1, -0.05) is 54.6 Å². The van der Waals surface area contributed by atoms with Crippen LogP contribution in [0.1, 0.15) is 16.7 Å². The van der Waals surface area contributed by atoms with Crippen LogP contribution < -0.4 is 5.32 Å². The van der Waals surface area contributed by atoms with Crippen LogP contribution in [0.25, 0.3) is 10.9 Å². The molecule has 180 valence electrons. The molecule has 3 aromatic carbocycles. The van der Waals surface area contributed by atoms with Crippen molar-refractivity contribution in [1.82, 2.24) is 15.2 Å². The van der Waals surface area contributed by atoms with Crippen LogP contribution in [-0.2, 0) is 29.1 Å². The highest BCUT2D eigenvalue weighted by atomic mass is 19.1. The molecule has 0 spiro atoms. The second-order valence-corrected chi connectivity index (χ2v) is 8.25. The minimum absolute atomic E-state index is 0.0529. The third kappa shape index (κ3) is 6.03. The van der Waals surface area contributed by atoms with E-state index < -0.39 is 29.7 Å². The summed E-state index contributed by atoms with van der Waals surface area (Å²) in [6, 6.07) is 19.1. The fraction of sp³-hybridized carbons (Fsp3) is 0.185. The normalized spacial score (nSPS) is 11.7. The SMILES string of the molecule is CN(Cc1ccc(F)cc1F)C(=O)[C@H](Cc1c[nH]c2ccccc12)NC(=O)OCc1ccccc1. The summed E-state index contributed by atoms with van der Waals surface area (Å²) in [5.41, 5.74) is 2.72. The molecule has 1 aromatic heterocycles. The zero-order chi connectivity index (χ0) is 24.8. The molecule has 2 N–H and O–H groups in total. The lowest BCUT2D eigenvalue weighted by Gasteiger charge is -2.25. The summed E-state index contributed by atoms with van der Waals surface area (Å²) >= 11 is 0. The first-order valence-electron chi connectivity index (χ1n) is 11.1. The summed E-state index contributed by atoms with van der Waals surface area (Å²) in [7, 11) is 1.50. The number of ether oxygens (including phenoxy) is 1. The molecule has 1 heterocycles. The Hall–Kier alpha value is -4.20. The highest BCUT2D eigenvalue weighted by Crippen LogP contribution is 2.20. The number of halogens is 2. The van der Waals surface area contributed by atoms with Crippen molar-refractivity contribution >= 4 is 22.9 Å². The molecule has 4 rings (SSSR count). The van der Waals surface area contributed by atoms with E-state index in [-0.39, 0.29) is 25.1 Å². The topological polar surface area (TPSA) is 74.4 Å². The van der Waals surface area contributed by atoms with Crippen LogP contribution in [0.4, 0.5) is 13.6 Å². The van der Waals surface area contributed by atoms with Crippen LogP contribution in [0.3, 0.4) is 0 Å². The van der Waals surface area contributed by atoms with E-state index in [4.69, 9.17) is 4.74 Å². The number of hydrogen-bond donors (Lipinski definition) is 2. The Morgan fingerprint density at radius 2 is 1.74 bits per heavy atom. The molecule has 8 heteroatoms. The summed E-state index contributed by atoms with van der Waals surface area (Å²) in [4.78, 5) is 30.4. The number of carbonyl (C=O) groups excluding carboxylic acids is 2. The van der Waals surface area contributed by atoms with Crippen LogP contribution in [0.15, 0.2) is 79.0 Å². The molecule has 2 amide bonds. The number of hydrogen-bond acceptors (Lipinski definition) is 3. The first kappa shape index (κ1) is 23.9. The predicted octanol–water partition coefficient (Wildman–Crippen LogP) is 4.94. The highest BCUT2D eigenvalue weighted by molar-refractivity contribution is 5.88. The summed E-state index contributed by atoms with van der Waals surface area (Å²) in [5, 5.41) is 3.59. The van der Waals surface area contributed by atoms with Gasteiger partial charge < -0.3 is 19.9 Å². The zero-order valence-corrected chi connectivity index (χ0v) is 19.1. The van der Waals surface area contributed by atoms with Gasteiger partial charge in [0, 0.05) is 48.7 Å². The van der Waals surface area contributed by atoms with Gasteiger partial charge in [0.05, 0.1) is 0 Å². The molecule has 0 aliphatic carbocycles. The van der Waals surface area contributed by atoms with E-state index in [0.29, 0.717) is 0 Å². The number of fused-ring (bicyclic) bond motifs is 1. The van der Waals surface area contributed by atoms with Crippen LogP contribution in [0.2, 0.25) is 0 Å².